The summed E-state index contributed by atoms with van der Waals surface area (Å²) in [6.45, 7) is 5.28. The number of pyridine rings is 1. The van der Waals surface area contributed by atoms with Gasteiger partial charge < -0.3 is 5.32 Å². The zero-order chi connectivity index (χ0) is 12.4. The Morgan fingerprint density at radius 2 is 2.00 bits per heavy atom. The van der Waals surface area contributed by atoms with Gasteiger partial charge in [0.1, 0.15) is 0 Å². The van der Waals surface area contributed by atoms with Crippen LogP contribution in [0.25, 0.3) is 10.9 Å². The number of nitrogens with zero attached hydrogens (tertiary/aromatic N) is 2. The lowest BCUT2D eigenvalue weighted by atomic mass is 10.1. The van der Waals surface area contributed by atoms with E-state index in [4.69, 9.17) is 11.6 Å². The molecule has 1 fully saturated rings. The van der Waals surface area contributed by atoms with Crippen molar-refractivity contribution in [3.8, 4) is 0 Å². The zero-order valence-corrected chi connectivity index (χ0v) is 12.2. The Hall–Kier alpha value is -0.870. The Morgan fingerprint density at radius 1 is 1.21 bits per heavy atom. The molecule has 0 radical (unpaired) electrons. The first kappa shape index (κ1) is 14.5. The Bertz CT molecular complexity index is 553. The molecular weight excluding hydrogens is 281 g/mol. The summed E-state index contributed by atoms with van der Waals surface area (Å²) in [5.74, 6) is 0. The number of aromatic nitrogens is 1. The minimum absolute atomic E-state index is 0. The van der Waals surface area contributed by atoms with Crippen LogP contribution in [0.4, 0.5) is 0 Å². The van der Waals surface area contributed by atoms with E-state index in [2.05, 4.69) is 21.3 Å². The van der Waals surface area contributed by atoms with E-state index in [1.54, 1.807) is 0 Å². The van der Waals surface area contributed by atoms with Crippen molar-refractivity contribution in [2.24, 2.45) is 0 Å². The Balaban J connectivity index is 0.00000133. The molecule has 2 heterocycles. The maximum Gasteiger partial charge on any atom is 0.0761 e. The first-order chi connectivity index (χ1) is 8.84. The lowest BCUT2D eigenvalue weighted by molar-refractivity contribution is 0.234. The molecule has 1 N–H and O–H groups in total. The van der Waals surface area contributed by atoms with E-state index in [0.717, 1.165) is 48.6 Å². The van der Waals surface area contributed by atoms with Gasteiger partial charge in [-0.15, -0.1) is 12.4 Å². The fourth-order valence-corrected chi connectivity index (χ4v) is 2.65. The monoisotopic (exact) mass is 297 g/mol. The van der Waals surface area contributed by atoms with E-state index in [0.29, 0.717) is 0 Å². The molecule has 1 aliphatic heterocycles. The zero-order valence-electron chi connectivity index (χ0n) is 10.6. The van der Waals surface area contributed by atoms with Gasteiger partial charge in [-0.3, -0.25) is 9.88 Å². The molecule has 0 saturated carbocycles. The van der Waals surface area contributed by atoms with Gasteiger partial charge in [0.25, 0.3) is 0 Å². The third kappa shape index (κ3) is 3.18. The first-order valence-corrected chi connectivity index (χ1v) is 6.67. The van der Waals surface area contributed by atoms with Crippen LogP contribution in [-0.2, 0) is 6.54 Å². The van der Waals surface area contributed by atoms with Crippen molar-refractivity contribution in [3.05, 3.63) is 41.0 Å². The second-order valence-electron chi connectivity index (χ2n) is 4.63. The lowest BCUT2D eigenvalue weighted by Gasteiger charge is -2.27. The van der Waals surface area contributed by atoms with Gasteiger partial charge >= 0.3 is 0 Å². The first-order valence-electron chi connectivity index (χ1n) is 6.30. The predicted octanol–water partition coefficient (Wildman–Crippen LogP) is 2.72. The number of piperazine rings is 1. The van der Waals surface area contributed by atoms with Crippen LogP contribution >= 0.6 is 24.0 Å². The third-order valence-corrected chi connectivity index (χ3v) is 3.73. The van der Waals surface area contributed by atoms with E-state index in [1.165, 1.54) is 5.56 Å². The molecule has 0 aliphatic carbocycles. The SMILES string of the molecule is Cl.Clc1ccc(CN2CCNCC2)c2ncccc12. The number of hydrogen-bond donors (Lipinski definition) is 1. The standard InChI is InChI=1S/C14H16ClN3.ClH/c15-13-4-3-11(10-18-8-6-16-7-9-18)14-12(13)2-1-5-17-14;/h1-5,16H,6-10H2;1H. The van der Waals surface area contributed by atoms with E-state index in [-0.39, 0.29) is 12.4 Å². The second-order valence-corrected chi connectivity index (χ2v) is 5.04. The largest absolute Gasteiger partial charge is 0.314 e. The highest BCUT2D eigenvalue weighted by atomic mass is 35.5. The van der Waals surface area contributed by atoms with Gasteiger partial charge in [0, 0.05) is 49.3 Å². The van der Waals surface area contributed by atoms with Crippen LogP contribution in [0.2, 0.25) is 5.02 Å². The Kier molecular flexibility index (Phi) is 4.99. The quantitative estimate of drug-likeness (QED) is 0.924. The highest BCUT2D eigenvalue weighted by Crippen LogP contribution is 2.25. The number of halogens is 2. The molecule has 0 unspecified atom stereocenters. The average Bonchev–Trinajstić information content (AvgIpc) is 2.44. The number of rotatable bonds is 2. The van der Waals surface area contributed by atoms with E-state index in [9.17, 15) is 0 Å². The predicted molar refractivity (Wildman–Crippen MR) is 82.1 cm³/mol. The molecule has 19 heavy (non-hydrogen) atoms. The topological polar surface area (TPSA) is 28.2 Å². The highest BCUT2D eigenvalue weighted by molar-refractivity contribution is 6.35. The molecule has 0 amide bonds. The molecule has 0 bridgehead atoms. The lowest BCUT2D eigenvalue weighted by Crippen LogP contribution is -2.42. The second kappa shape index (κ2) is 6.53. The van der Waals surface area contributed by atoms with Gasteiger partial charge in [0.15, 0.2) is 0 Å². The molecule has 5 heteroatoms. The summed E-state index contributed by atoms with van der Waals surface area (Å²) in [4.78, 5) is 6.93. The minimum Gasteiger partial charge on any atom is -0.314 e. The van der Waals surface area contributed by atoms with Crippen LogP contribution in [-0.4, -0.2) is 36.1 Å². The van der Waals surface area contributed by atoms with Gasteiger partial charge in [-0.05, 0) is 23.8 Å². The molecule has 3 rings (SSSR count). The minimum atomic E-state index is 0. The summed E-state index contributed by atoms with van der Waals surface area (Å²) < 4.78 is 0. The molecule has 1 aromatic carbocycles. The Morgan fingerprint density at radius 3 is 2.79 bits per heavy atom. The van der Waals surface area contributed by atoms with Crippen LogP contribution < -0.4 is 5.32 Å². The van der Waals surface area contributed by atoms with E-state index >= 15 is 0 Å². The summed E-state index contributed by atoms with van der Waals surface area (Å²) in [6, 6.07) is 8.04. The number of hydrogen-bond acceptors (Lipinski definition) is 3. The normalized spacial score (nSPS) is 16.3. The maximum atomic E-state index is 6.21. The van der Waals surface area contributed by atoms with Crippen molar-refractivity contribution < 1.29 is 0 Å². The molecule has 0 atom stereocenters. The summed E-state index contributed by atoms with van der Waals surface area (Å²) >= 11 is 6.21. The van der Waals surface area contributed by atoms with Gasteiger partial charge in [0.05, 0.1) is 5.52 Å². The van der Waals surface area contributed by atoms with Gasteiger partial charge in [-0.25, -0.2) is 0 Å². The van der Waals surface area contributed by atoms with Crippen LogP contribution in [0.1, 0.15) is 5.56 Å². The van der Waals surface area contributed by atoms with E-state index in [1.807, 2.05) is 24.4 Å². The summed E-state index contributed by atoms with van der Waals surface area (Å²) in [5.41, 5.74) is 2.29. The molecule has 3 nitrogen and oxygen atoms in total. The van der Waals surface area contributed by atoms with Crippen LogP contribution in [0.5, 0.6) is 0 Å². The molecular formula is C14H17Cl2N3. The third-order valence-electron chi connectivity index (χ3n) is 3.40. The van der Waals surface area contributed by atoms with Crippen molar-refractivity contribution in [1.29, 1.82) is 0 Å². The fourth-order valence-electron chi connectivity index (χ4n) is 2.43. The van der Waals surface area contributed by atoms with Crippen LogP contribution in [0, 0.1) is 0 Å². The van der Waals surface area contributed by atoms with Gasteiger partial charge in [-0.2, -0.15) is 0 Å². The molecule has 2 aromatic rings. The molecule has 1 aliphatic rings. The number of nitrogens with one attached hydrogen (secondary N) is 1. The summed E-state index contributed by atoms with van der Waals surface area (Å²) in [5, 5.41) is 5.20. The van der Waals surface area contributed by atoms with Crippen molar-refractivity contribution >= 4 is 34.9 Å². The average molecular weight is 298 g/mol. The molecule has 0 spiro atoms. The molecule has 1 saturated heterocycles. The van der Waals surface area contributed by atoms with Crippen molar-refractivity contribution in [2.75, 3.05) is 26.2 Å². The van der Waals surface area contributed by atoms with Crippen LogP contribution in [0.15, 0.2) is 30.5 Å². The maximum absolute atomic E-state index is 6.21. The van der Waals surface area contributed by atoms with Crippen molar-refractivity contribution in [2.45, 2.75) is 6.54 Å². The van der Waals surface area contributed by atoms with Crippen molar-refractivity contribution in [3.63, 3.8) is 0 Å². The Labute approximate surface area is 124 Å². The fraction of sp³-hybridized carbons (Fsp3) is 0.357. The van der Waals surface area contributed by atoms with E-state index < -0.39 is 0 Å². The van der Waals surface area contributed by atoms with Gasteiger partial charge in [0.2, 0.25) is 0 Å². The number of benzene rings is 1. The summed E-state index contributed by atoms with van der Waals surface area (Å²) in [7, 11) is 0. The number of fused-ring (bicyclic) bond motifs is 1. The molecule has 1 aromatic heterocycles. The van der Waals surface area contributed by atoms with Crippen LogP contribution in [0.3, 0.4) is 0 Å². The highest BCUT2D eigenvalue weighted by Gasteiger charge is 2.12. The van der Waals surface area contributed by atoms with Gasteiger partial charge in [-0.1, -0.05) is 17.7 Å². The molecule has 102 valence electrons. The smallest absolute Gasteiger partial charge is 0.0761 e. The summed E-state index contributed by atoms with van der Waals surface area (Å²) in [6.07, 6.45) is 1.83. The van der Waals surface area contributed by atoms with Crippen molar-refractivity contribution in [1.82, 2.24) is 15.2 Å².